The number of hydrogen-bond donors (Lipinski definition) is 2. The van der Waals surface area contributed by atoms with Crippen LogP contribution in [0.5, 0.6) is 0 Å². The first-order valence-corrected chi connectivity index (χ1v) is 12.8. The van der Waals surface area contributed by atoms with Gasteiger partial charge in [0.15, 0.2) is 10.9 Å². The number of anilines is 1. The zero-order valence-corrected chi connectivity index (χ0v) is 22.1. The normalized spacial score (nSPS) is 15.4. The second-order valence-corrected chi connectivity index (χ2v) is 11.7. The van der Waals surface area contributed by atoms with Gasteiger partial charge in [0.1, 0.15) is 16.8 Å². The number of nitrogens with one attached hydrogen (secondary N) is 2. The number of furan rings is 1. The lowest BCUT2D eigenvalue weighted by atomic mass is 9.72. The minimum atomic E-state index is -0.505. The maximum Gasteiger partial charge on any atom is 0.293 e. The lowest BCUT2D eigenvalue weighted by Gasteiger charge is -2.33. The molecule has 1 aliphatic carbocycles. The minimum Gasteiger partial charge on any atom is -0.451 e. The van der Waals surface area contributed by atoms with E-state index in [1.807, 2.05) is 0 Å². The van der Waals surface area contributed by atoms with Crippen molar-refractivity contribution in [1.82, 2.24) is 5.32 Å². The van der Waals surface area contributed by atoms with Gasteiger partial charge in [0.2, 0.25) is 0 Å². The first kappa shape index (κ1) is 24.7. The Balaban J connectivity index is 1.46. The van der Waals surface area contributed by atoms with Crippen LogP contribution in [0.3, 0.4) is 0 Å². The number of thiophene rings is 1. The zero-order valence-electron chi connectivity index (χ0n) is 18.9. The van der Waals surface area contributed by atoms with Crippen LogP contribution in [0.25, 0.3) is 11.3 Å². The zero-order chi connectivity index (χ0) is 24.6. The third-order valence-corrected chi connectivity index (χ3v) is 8.02. The van der Waals surface area contributed by atoms with Crippen molar-refractivity contribution >= 4 is 62.8 Å². The summed E-state index contributed by atoms with van der Waals surface area (Å²) in [6.45, 7) is 6.77. The summed E-state index contributed by atoms with van der Waals surface area (Å²) in [7, 11) is 0. The van der Waals surface area contributed by atoms with Crippen LogP contribution in [-0.2, 0) is 12.8 Å². The maximum absolute atomic E-state index is 12.7. The molecule has 176 valence electrons. The molecule has 1 amide bonds. The van der Waals surface area contributed by atoms with Gasteiger partial charge in [0.25, 0.3) is 5.91 Å². The third-order valence-electron chi connectivity index (χ3n) is 6.08. The Morgan fingerprint density at radius 3 is 2.74 bits per heavy atom. The van der Waals surface area contributed by atoms with E-state index >= 15 is 0 Å². The Kier molecular flexibility index (Phi) is 7.07. The average molecular weight is 533 g/mol. The summed E-state index contributed by atoms with van der Waals surface area (Å²) in [6, 6.07) is 10.5. The lowest BCUT2D eigenvalue weighted by molar-refractivity contribution is 0.0951. The summed E-state index contributed by atoms with van der Waals surface area (Å²) >= 11 is 19.2. The van der Waals surface area contributed by atoms with Crippen molar-refractivity contribution in [2.24, 2.45) is 11.3 Å². The Bertz CT molecular complexity index is 1310. The van der Waals surface area contributed by atoms with Crippen molar-refractivity contribution in [2.45, 2.75) is 40.0 Å². The van der Waals surface area contributed by atoms with Crippen LogP contribution in [0.4, 0.5) is 5.00 Å². The maximum atomic E-state index is 12.7. The van der Waals surface area contributed by atoms with E-state index in [0.717, 1.165) is 24.8 Å². The van der Waals surface area contributed by atoms with Gasteiger partial charge in [0, 0.05) is 15.5 Å². The Morgan fingerprint density at radius 1 is 1.26 bits per heavy atom. The summed E-state index contributed by atoms with van der Waals surface area (Å²) in [5, 5.41) is 17.2. The van der Waals surface area contributed by atoms with E-state index in [9.17, 15) is 10.1 Å². The Hall–Kier alpha value is -2.37. The third kappa shape index (κ3) is 5.16. The molecule has 2 N–H and O–H groups in total. The van der Waals surface area contributed by atoms with E-state index in [2.05, 4.69) is 37.5 Å². The molecule has 3 aromatic rings. The predicted molar refractivity (Wildman–Crippen MR) is 142 cm³/mol. The number of amides is 1. The topological polar surface area (TPSA) is 78.1 Å². The van der Waals surface area contributed by atoms with E-state index in [-0.39, 0.29) is 16.3 Å². The molecule has 5 nitrogen and oxygen atoms in total. The molecule has 0 fully saturated rings. The highest BCUT2D eigenvalue weighted by atomic mass is 35.5. The summed E-state index contributed by atoms with van der Waals surface area (Å²) in [5.41, 5.74) is 2.51. The van der Waals surface area contributed by atoms with Gasteiger partial charge in [-0.1, -0.05) is 44.0 Å². The van der Waals surface area contributed by atoms with E-state index in [1.54, 1.807) is 30.3 Å². The number of nitriles is 1. The molecule has 1 atom stereocenters. The van der Waals surface area contributed by atoms with Gasteiger partial charge in [0.05, 0.1) is 10.6 Å². The van der Waals surface area contributed by atoms with Crippen LogP contribution in [0.2, 0.25) is 10.0 Å². The molecule has 0 saturated carbocycles. The number of nitrogens with zero attached hydrogens (tertiary/aromatic N) is 1. The standard InChI is InChI=1S/C25H23Cl2N3O2S2/c1-25(2,3)13-4-6-15-17(12-28)23(34-21(15)10-13)30-24(33)29-22(31)20-9-8-19(32-20)16-11-14(26)5-7-18(16)27/h5,7-9,11,13H,4,6,10H2,1-3H3,(H2,29,30,31,33). The molecule has 2 aromatic heterocycles. The number of hydrogen-bond acceptors (Lipinski definition) is 5. The van der Waals surface area contributed by atoms with Crippen LogP contribution in [0, 0.1) is 22.7 Å². The van der Waals surface area contributed by atoms with E-state index < -0.39 is 5.91 Å². The second kappa shape index (κ2) is 9.71. The molecule has 9 heteroatoms. The predicted octanol–water partition coefficient (Wildman–Crippen LogP) is 7.46. The fourth-order valence-corrected chi connectivity index (χ4v) is 6.05. The van der Waals surface area contributed by atoms with Gasteiger partial charge >= 0.3 is 0 Å². The number of benzene rings is 1. The Morgan fingerprint density at radius 2 is 2.03 bits per heavy atom. The van der Waals surface area contributed by atoms with Crippen LogP contribution < -0.4 is 10.6 Å². The number of fused-ring (bicyclic) bond motifs is 1. The van der Waals surface area contributed by atoms with E-state index in [0.29, 0.717) is 37.9 Å². The number of thiocarbonyl (C=S) groups is 1. The van der Waals surface area contributed by atoms with Crippen LogP contribution in [-0.4, -0.2) is 11.0 Å². The van der Waals surface area contributed by atoms with Crippen molar-refractivity contribution < 1.29 is 9.21 Å². The van der Waals surface area contributed by atoms with Crippen molar-refractivity contribution in [3.05, 3.63) is 62.1 Å². The molecular weight excluding hydrogens is 509 g/mol. The first-order chi connectivity index (χ1) is 16.1. The van der Waals surface area contributed by atoms with Gasteiger partial charge in [-0.2, -0.15) is 5.26 Å². The molecule has 0 bridgehead atoms. The molecule has 2 heterocycles. The van der Waals surface area contributed by atoms with Gasteiger partial charge in [-0.25, -0.2) is 0 Å². The smallest absolute Gasteiger partial charge is 0.293 e. The second-order valence-electron chi connectivity index (χ2n) is 9.32. The van der Waals surface area contributed by atoms with E-state index in [4.69, 9.17) is 39.8 Å². The SMILES string of the molecule is CC(C)(C)C1CCc2c(sc(NC(=S)NC(=O)c3ccc(-c4cc(Cl)ccc4Cl)o3)c2C#N)C1. The fraction of sp³-hybridized carbons (Fsp3) is 0.320. The molecule has 34 heavy (non-hydrogen) atoms. The van der Waals surface area contributed by atoms with Crippen molar-refractivity contribution in [3.8, 4) is 17.4 Å². The number of carbonyl (C=O) groups is 1. The molecule has 4 rings (SSSR count). The number of rotatable bonds is 3. The summed E-state index contributed by atoms with van der Waals surface area (Å²) < 4.78 is 5.68. The Labute approximate surface area is 218 Å². The molecule has 1 aliphatic rings. The first-order valence-electron chi connectivity index (χ1n) is 10.8. The summed E-state index contributed by atoms with van der Waals surface area (Å²) in [4.78, 5) is 13.9. The molecular formula is C25H23Cl2N3O2S2. The highest BCUT2D eigenvalue weighted by Gasteiger charge is 2.32. The fourth-order valence-electron chi connectivity index (χ4n) is 4.12. The minimum absolute atomic E-state index is 0.0780. The van der Waals surface area contributed by atoms with E-state index in [1.165, 1.54) is 16.2 Å². The lowest BCUT2D eigenvalue weighted by Crippen LogP contribution is -2.33. The highest BCUT2D eigenvalue weighted by Crippen LogP contribution is 2.44. The molecule has 0 saturated heterocycles. The van der Waals surface area contributed by atoms with Gasteiger partial charge in [-0.3, -0.25) is 10.1 Å². The van der Waals surface area contributed by atoms with Crippen molar-refractivity contribution in [1.29, 1.82) is 5.26 Å². The van der Waals surface area contributed by atoms with Crippen LogP contribution in [0.15, 0.2) is 34.7 Å². The number of carbonyl (C=O) groups excluding carboxylic acids is 1. The summed E-state index contributed by atoms with van der Waals surface area (Å²) in [5.74, 6) is 0.553. The molecule has 0 spiro atoms. The summed E-state index contributed by atoms with van der Waals surface area (Å²) in [6.07, 6.45) is 2.87. The van der Waals surface area contributed by atoms with Gasteiger partial charge in [-0.05, 0) is 78.7 Å². The number of halogens is 2. The molecule has 1 unspecified atom stereocenters. The monoisotopic (exact) mass is 531 g/mol. The molecule has 0 radical (unpaired) electrons. The molecule has 1 aromatic carbocycles. The molecule has 0 aliphatic heterocycles. The van der Waals surface area contributed by atoms with Crippen molar-refractivity contribution in [3.63, 3.8) is 0 Å². The highest BCUT2D eigenvalue weighted by molar-refractivity contribution is 7.80. The average Bonchev–Trinajstić information content (AvgIpc) is 3.38. The van der Waals surface area contributed by atoms with Crippen LogP contribution >= 0.6 is 46.8 Å². The quantitative estimate of drug-likeness (QED) is 0.342. The van der Waals surface area contributed by atoms with Crippen molar-refractivity contribution in [2.75, 3.05) is 5.32 Å². The van der Waals surface area contributed by atoms with Gasteiger partial charge < -0.3 is 9.73 Å². The largest absolute Gasteiger partial charge is 0.451 e. The van der Waals surface area contributed by atoms with Crippen LogP contribution in [0.1, 0.15) is 53.8 Å². The van der Waals surface area contributed by atoms with Gasteiger partial charge in [-0.15, -0.1) is 11.3 Å².